The van der Waals surface area contributed by atoms with Gasteiger partial charge in [0, 0.05) is 25.2 Å². The number of aliphatic hydroxyl groups excluding tert-OH is 2. The van der Waals surface area contributed by atoms with Gasteiger partial charge in [0.15, 0.2) is 11.5 Å². The number of carbonyl (C=O) groups is 1. The molecule has 3 N–H and O–H groups in total. The van der Waals surface area contributed by atoms with Crippen LogP contribution in [0.25, 0.3) is 11.3 Å². The molecular formula is C27H33ClN4O8. The zero-order chi connectivity index (χ0) is 29.2. The second-order valence-electron chi connectivity index (χ2n) is 8.26. The van der Waals surface area contributed by atoms with Gasteiger partial charge < -0.3 is 44.1 Å². The number of benzene rings is 2. The van der Waals surface area contributed by atoms with Crippen molar-refractivity contribution in [3.05, 3.63) is 46.5 Å². The van der Waals surface area contributed by atoms with Crippen LogP contribution in [0.15, 0.2) is 30.3 Å². The second-order valence-corrected chi connectivity index (χ2v) is 8.67. The summed E-state index contributed by atoms with van der Waals surface area (Å²) in [6.07, 6.45) is 0. The Morgan fingerprint density at radius 2 is 1.52 bits per heavy atom. The quantitative estimate of drug-likeness (QED) is 0.242. The Morgan fingerprint density at radius 1 is 0.900 bits per heavy atom. The number of hydrogen-bond donors (Lipinski definition) is 3. The maximum absolute atomic E-state index is 13.2. The Bertz CT molecular complexity index is 1290. The first-order valence-electron chi connectivity index (χ1n) is 12.2. The first-order valence-corrected chi connectivity index (χ1v) is 12.6. The molecule has 0 spiro atoms. The number of carbonyl (C=O) groups excluding carboxylic acids is 1. The van der Waals surface area contributed by atoms with Crippen LogP contribution in [-0.4, -0.2) is 88.0 Å². The zero-order valence-corrected chi connectivity index (χ0v) is 23.7. The van der Waals surface area contributed by atoms with Gasteiger partial charge in [0.1, 0.15) is 17.1 Å². The van der Waals surface area contributed by atoms with Gasteiger partial charge in [-0.25, -0.2) is 9.78 Å². The van der Waals surface area contributed by atoms with Crippen LogP contribution in [0.3, 0.4) is 0 Å². The number of rotatable bonds is 14. The number of anilines is 2. The number of aromatic nitrogens is 2. The molecular weight excluding hydrogens is 544 g/mol. The van der Waals surface area contributed by atoms with Crippen molar-refractivity contribution in [3.63, 3.8) is 0 Å². The van der Waals surface area contributed by atoms with Gasteiger partial charge in [0.25, 0.3) is 0 Å². The van der Waals surface area contributed by atoms with E-state index in [2.05, 4.69) is 15.3 Å². The van der Waals surface area contributed by atoms with Crippen molar-refractivity contribution in [1.82, 2.24) is 9.97 Å². The third kappa shape index (κ3) is 6.76. The second kappa shape index (κ2) is 14.4. The molecule has 0 unspecified atom stereocenters. The summed E-state index contributed by atoms with van der Waals surface area (Å²) in [6, 6.07) is 8.58. The van der Waals surface area contributed by atoms with E-state index < -0.39 is 5.97 Å². The van der Waals surface area contributed by atoms with Crippen molar-refractivity contribution in [1.29, 1.82) is 0 Å². The number of aliphatic hydroxyl groups is 2. The molecule has 0 aliphatic rings. The summed E-state index contributed by atoms with van der Waals surface area (Å²) in [6.45, 7) is 0.0863. The van der Waals surface area contributed by atoms with Crippen LogP contribution in [-0.2, 0) is 11.3 Å². The molecule has 0 saturated carbocycles. The van der Waals surface area contributed by atoms with Crippen molar-refractivity contribution in [2.75, 3.05) is 72.1 Å². The van der Waals surface area contributed by atoms with Crippen LogP contribution in [0.4, 0.5) is 11.8 Å². The van der Waals surface area contributed by atoms with Crippen LogP contribution in [0.1, 0.15) is 15.9 Å². The molecule has 2 aromatic carbocycles. The zero-order valence-electron chi connectivity index (χ0n) is 23.0. The first kappa shape index (κ1) is 30.5. The molecule has 0 saturated heterocycles. The third-order valence-electron chi connectivity index (χ3n) is 5.92. The van der Waals surface area contributed by atoms with E-state index in [0.717, 1.165) is 5.56 Å². The largest absolute Gasteiger partial charge is 0.495 e. The monoisotopic (exact) mass is 576 g/mol. The van der Waals surface area contributed by atoms with E-state index in [1.165, 1.54) is 35.5 Å². The lowest BCUT2D eigenvalue weighted by Gasteiger charge is -2.24. The van der Waals surface area contributed by atoms with Gasteiger partial charge >= 0.3 is 5.97 Å². The summed E-state index contributed by atoms with van der Waals surface area (Å²) in [5, 5.41) is 22.9. The Balaban J connectivity index is 2.26. The van der Waals surface area contributed by atoms with Crippen molar-refractivity contribution < 1.29 is 38.7 Å². The van der Waals surface area contributed by atoms with Crippen LogP contribution in [0.5, 0.6) is 23.0 Å². The number of esters is 1. The van der Waals surface area contributed by atoms with Gasteiger partial charge in [-0.05, 0) is 29.8 Å². The molecule has 13 heteroatoms. The fraction of sp³-hybridized carbons (Fsp3) is 0.370. The Labute approximate surface area is 237 Å². The lowest BCUT2D eigenvalue weighted by molar-refractivity contribution is 0.0602. The summed E-state index contributed by atoms with van der Waals surface area (Å²) in [5.74, 6) is 1.21. The van der Waals surface area contributed by atoms with E-state index in [0.29, 0.717) is 33.6 Å². The summed E-state index contributed by atoms with van der Waals surface area (Å²) in [7, 11) is 7.22. The van der Waals surface area contributed by atoms with Crippen LogP contribution < -0.4 is 29.2 Å². The number of ether oxygens (including phenoxy) is 5. The minimum atomic E-state index is -0.693. The fourth-order valence-electron chi connectivity index (χ4n) is 4.00. The van der Waals surface area contributed by atoms with Gasteiger partial charge in [-0.15, -0.1) is 0 Å². The molecule has 40 heavy (non-hydrogen) atoms. The van der Waals surface area contributed by atoms with E-state index in [9.17, 15) is 15.0 Å². The molecule has 0 atom stereocenters. The molecule has 0 bridgehead atoms. The van der Waals surface area contributed by atoms with Gasteiger partial charge in [0.2, 0.25) is 11.7 Å². The number of hydrogen-bond acceptors (Lipinski definition) is 12. The maximum Gasteiger partial charge on any atom is 0.343 e. The van der Waals surface area contributed by atoms with Gasteiger partial charge in [-0.1, -0.05) is 17.7 Å². The van der Waals surface area contributed by atoms with Crippen molar-refractivity contribution in [2.45, 2.75) is 6.54 Å². The Morgan fingerprint density at radius 3 is 2.02 bits per heavy atom. The molecule has 0 aliphatic heterocycles. The fourth-order valence-corrected chi connectivity index (χ4v) is 4.28. The van der Waals surface area contributed by atoms with E-state index in [1.54, 1.807) is 29.2 Å². The lowest BCUT2D eigenvalue weighted by Crippen LogP contribution is -2.32. The number of nitrogens with one attached hydrogen (secondary N) is 1. The predicted octanol–water partition coefficient (Wildman–Crippen LogP) is 3.02. The maximum atomic E-state index is 13.2. The SMILES string of the molecule is COC(=O)c1c(NCc2ccc(OC)c(Cl)c2)nc(N(CCO)CCO)nc1-c1cc(OC)c(OC)c(OC)c1. The van der Waals surface area contributed by atoms with Gasteiger partial charge in [-0.3, -0.25) is 0 Å². The molecule has 12 nitrogen and oxygen atoms in total. The smallest absolute Gasteiger partial charge is 0.343 e. The number of halogens is 1. The van der Waals surface area contributed by atoms with E-state index in [-0.39, 0.29) is 55.9 Å². The van der Waals surface area contributed by atoms with E-state index >= 15 is 0 Å². The average Bonchev–Trinajstić information content (AvgIpc) is 2.98. The highest BCUT2D eigenvalue weighted by Crippen LogP contribution is 2.42. The van der Waals surface area contributed by atoms with E-state index in [1.807, 2.05) is 6.07 Å². The van der Waals surface area contributed by atoms with E-state index in [4.69, 9.17) is 35.3 Å². The highest BCUT2D eigenvalue weighted by Gasteiger charge is 2.27. The predicted molar refractivity (Wildman–Crippen MR) is 150 cm³/mol. The van der Waals surface area contributed by atoms with Crippen LogP contribution in [0, 0.1) is 0 Å². The molecule has 0 aliphatic carbocycles. The minimum absolute atomic E-state index is 0.0491. The molecule has 3 rings (SSSR count). The average molecular weight is 577 g/mol. The number of nitrogens with zero attached hydrogens (tertiary/aromatic N) is 3. The molecule has 0 radical (unpaired) electrons. The highest BCUT2D eigenvalue weighted by atomic mass is 35.5. The Hall–Kier alpha value is -4.00. The van der Waals surface area contributed by atoms with Crippen LogP contribution in [0.2, 0.25) is 5.02 Å². The molecule has 1 heterocycles. The van der Waals surface area contributed by atoms with Crippen molar-refractivity contribution in [2.24, 2.45) is 0 Å². The summed E-state index contributed by atoms with van der Waals surface area (Å²) < 4.78 is 26.8. The molecule has 0 amide bonds. The highest BCUT2D eigenvalue weighted by molar-refractivity contribution is 6.32. The van der Waals surface area contributed by atoms with Crippen molar-refractivity contribution in [3.8, 4) is 34.3 Å². The standard InChI is InChI=1S/C27H33ClN4O8/c1-36-19-7-6-16(12-18(19)28)15-29-25-22(26(35)40-5)23(30-27(31-25)32(8-10-33)9-11-34)17-13-20(37-2)24(39-4)21(14-17)38-3/h6-7,12-14,33-34H,8-11,15H2,1-5H3,(H,29,30,31). The third-order valence-corrected chi connectivity index (χ3v) is 6.22. The van der Waals surface area contributed by atoms with Crippen LogP contribution >= 0.6 is 11.6 Å². The van der Waals surface area contributed by atoms with Gasteiger partial charge in [0.05, 0.1) is 59.5 Å². The summed E-state index contributed by atoms with van der Waals surface area (Å²) in [5.41, 5.74) is 1.49. The Kier molecular flexibility index (Phi) is 11.0. The molecule has 1 aromatic heterocycles. The topological polar surface area (TPSA) is 145 Å². The molecule has 0 fully saturated rings. The number of methoxy groups -OCH3 is 5. The minimum Gasteiger partial charge on any atom is -0.495 e. The lowest BCUT2D eigenvalue weighted by atomic mass is 10.0. The normalized spacial score (nSPS) is 10.6. The van der Waals surface area contributed by atoms with Gasteiger partial charge in [-0.2, -0.15) is 4.98 Å². The summed E-state index contributed by atoms with van der Waals surface area (Å²) >= 11 is 6.30. The molecule has 3 aromatic rings. The first-order chi connectivity index (χ1) is 19.3. The summed E-state index contributed by atoms with van der Waals surface area (Å²) in [4.78, 5) is 24.0. The van der Waals surface area contributed by atoms with Crippen molar-refractivity contribution >= 4 is 29.3 Å². The molecule has 216 valence electrons.